The Morgan fingerprint density at radius 1 is 1.20 bits per heavy atom. The van der Waals surface area contributed by atoms with Crippen LogP contribution in [0, 0.1) is 6.92 Å². The van der Waals surface area contributed by atoms with Gasteiger partial charge < -0.3 is 9.30 Å². The van der Waals surface area contributed by atoms with E-state index in [0.29, 0.717) is 18.6 Å². The number of ether oxygens (including phenoxy) is 1. The van der Waals surface area contributed by atoms with Gasteiger partial charge in [-0.2, -0.15) is 16.1 Å². The van der Waals surface area contributed by atoms with Crippen LogP contribution in [0.25, 0.3) is 11.2 Å². The molecule has 0 bridgehead atoms. The van der Waals surface area contributed by atoms with E-state index in [4.69, 9.17) is 16.3 Å². The molecule has 0 atom stereocenters. The van der Waals surface area contributed by atoms with Gasteiger partial charge in [0.2, 0.25) is 0 Å². The summed E-state index contributed by atoms with van der Waals surface area (Å²) >= 11 is 5.93. The van der Waals surface area contributed by atoms with E-state index >= 15 is 0 Å². The Labute approximate surface area is 183 Å². The predicted molar refractivity (Wildman–Crippen MR) is 123 cm³/mol. The van der Waals surface area contributed by atoms with Crippen LogP contribution in [0.4, 0.5) is 0 Å². The number of nitrogens with one attached hydrogen (secondary N) is 1. The Hall–Kier alpha value is -1.74. The van der Waals surface area contributed by atoms with Crippen molar-refractivity contribution in [1.82, 2.24) is 23.6 Å². The number of fused-ring (bicyclic) bond motifs is 1. The highest BCUT2D eigenvalue weighted by Crippen LogP contribution is 2.33. The first-order chi connectivity index (χ1) is 14.6. The Morgan fingerprint density at radius 3 is 2.73 bits per heavy atom. The average Bonchev–Trinajstić information content (AvgIpc) is 3.22. The predicted octanol–water partition coefficient (Wildman–Crippen LogP) is 2.93. The highest BCUT2D eigenvalue weighted by molar-refractivity contribution is 8.15. The van der Waals surface area contributed by atoms with Gasteiger partial charge >= 0.3 is 5.56 Å². The van der Waals surface area contributed by atoms with E-state index in [-0.39, 0.29) is 5.56 Å². The van der Waals surface area contributed by atoms with Crippen LogP contribution in [-0.4, -0.2) is 61.4 Å². The van der Waals surface area contributed by atoms with Crippen LogP contribution in [-0.2, 0) is 17.8 Å². The molecular weight excluding hydrogens is 422 g/mol. The molecule has 0 saturated carbocycles. The summed E-state index contributed by atoms with van der Waals surface area (Å²) in [4.78, 5) is 20.0. The fourth-order valence-electron chi connectivity index (χ4n) is 4.39. The second-order valence-corrected chi connectivity index (χ2v) is 10.8. The molecule has 2 saturated heterocycles. The Balaban J connectivity index is 1.58. The summed E-state index contributed by atoms with van der Waals surface area (Å²) < 4.78 is 9.76. The lowest BCUT2D eigenvalue weighted by Gasteiger charge is -2.33. The molecule has 162 valence electrons. The first-order valence-electron chi connectivity index (χ1n) is 10.6. The largest absolute Gasteiger partial charge is 0.380 e. The molecular formula is C21H28ClN5O2S. The van der Waals surface area contributed by atoms with Crippen molar-refractivity contribution in [3.8, 4) is 0 Å². The molecule has 7 nitrogen and oxygen atoms in total. The van der Waals surface area contributed by atoms with Crippen LogP contribution < -0.4 is 5.56 Å². The summed E-state index contributed by atoms with van der Waals surface area (Å²) in [6, 6.07) is 6.00. The lowest BCUT2D eigenvalue weighted by Crippen LogP contribution is -2.33. The molecule has 2 aromatic heterocycles. The Bertz CT molecular complexity index is 1110. The molecule has 2 aliphatic rings. The Kier molecular flexibility index (Phi) is 5.66. The zero-order chi connectivity index (χ0) is 20.7. The molecule has 1 N–H and O–H groups in total. The zero-order valence-electron chi connectivity index (χ0n) is 17.2. The molecule has 2 aliphatic heterocycles. The quantitative estimate of drug-likeness (QED) is 0.588. The van der Waals surface area contributed by atoms with Crippen LogP contribution in [0.5, 0.6) is 0 Å². The second kappa shape index (κ2) is 8.42. The molecule has 0 aliphatic carbocycles. The summed E-state index contributed by atoms with van der Waals surface area (Å²) in [7, 11) is 0. The normalized spacial score (nSPS) is 19.2. The van der Waals surface area contributed by atoms with E-state index < -0.39 is 11.1 Å². The van der Waals surface area contributed by atoms with Crippen molar-refractivity contribution < 1.29 is 4.74 Å². The van der Waals surface area contributed by atoms with Crippen LogP contribution in [0.2, 0.25) is 5.02 Å². The lowest BCUT2D eigenvalue weighted by molar-refractivity contribution is 0.159. The monoisotopic (exact) mass is 449 g/mol. The standard InChI is InChI=1S/C21H28ClN5O2S/c1-15-16(5-4-6-17(15)22)13-26-18(14-25-7-2-3-8-25)23-21(28)19-20(26)24-27(19)30-11-9-29-10-12-30/h4-6,24,30H,2-3,7-14H2,1H3. The molecule has 5 rings (SSSR count). The number of aromatic nitrogens is 4. The van der Waals surface area contributed by atoms with Crippen molar-refractivity contribution in [2.75, 3.05) is 37.8 Å². The van der Waals surface area contributed by atoms with Gasteiger partial charge in [0.15, 0.2) is 11.2 Å². The number of rotatable bonds is 5. The maximum atomic E-state index is 13.0. The van der Waals surface area contributed by atoms with E-state index in [1.807, 2.05) is 19.1 Å². The summed E-state index contributed by atoms with van der Waals surface area (Å²) in [6.45, 7) is 7.04. The van der Waals surface area contributed by atoms with Crippen LogP contribution in [0.1, 0.15) is 29.8 Å². The van der Waals surface area contributed by atoms with Crippen LogP contribution in [0.3, 0.4) is 0 Å². The fourth-order valence-corrected chi connectivity index (χ4v) is 6.58. The summed E-state index contributed by atoms with van der Waals surface area (Å²) in [6.07, 6.45) is 2.42. The van der Waals surface area contributed by atoms with Crippen molar-refractivity contribution in [3.05, 3.63) is 50.5 Å². The van der Waals surface area contributed by atoms with Gasteiger partial charge in [-0.1, -0.05) is 23.7 Å². The average molecular weight is 450 g/mol. The third-order valence-corrected chi connectivity index (χ3v) is 8.88. The Morgan fingerprint density at radius 2 is 1.97 bits per heavy atom. The minimum Gasteiger partial charge on any atom is -0.380 e. The number of likely N-dealkylation sites (tertiary alicyclic amines) is 1. The van der Waals surface area contributed by atoms with Crippen molar-refractivity contribution in [1.29, 1.82) is 0 Å². The van der Waals surface area contributed by atoms with Gasteiger partial charge in [-0.05, 0) is 50.0 Å². The topological polar surface area (TPSA) is 68.1 Å². The number of hydrogen-bond donors (Lipinski definition) is 2. The maximum Gasteiger partial charge on any atom is 0.301 e. The van der Waals surface area contributed by atoms with Crippen molar-refractivity contribution in [3.63, 3.8) is 0 Å². The van der Waals surface area contributed by atoms with Gasteiger partial charge in [0.05, 0.1) is 26.3 Å². The van der Waals surface area contributed by atoms with Crippen molar-refractivity contribution in [2.24, 2.45) is 0 Å². The molecule has 0 unspecified atom stereocenters. The molecule has 4 heterocycles. The zero-order valence-corrected chi connectivity index (χ0v) is 18.9. The molecule has 0 spiro atoms. The minimum atomic E-state index is -0.442. The highest BCUT2D eigenvalue weighted by Gasteiger charge is 2.24. The third kappa shape index (κ3) is 3.70. The first kappa shape index (κ1) is 20.2. The van der Waals surface area contributed by atoms with Gasteiger partial charge in [0.1, 0.15) is 5.82 Å². The maximum absolute atomic E-state index is 13.0. The third-order valence-electron chi connectivity index (χ3n) is 6.20. The fraction of sp³-hybridized carbons (Fsp3) is 0.524. The van der Waals surface area contributed by atoms with E-state index in [0.717, 1.165) is 65.4 Å². The lowest BCUT2D eigenvalue weighted by atomic mass is 10.1. The van der Waals surface area contributed by atoms with Gasteiger partial charge in [0.25, 0.3) is 0 Å². The number of hydrogen-bond acceptors (Lipinski definition) is 4. The molecule has 2 fully saturated rings. The summed E-state index contributed by atoms with van der Waals surface area (Å²) in [5, 5.41) is 4.27. The highest BCUT2D eigenvalue weighted by atomic mass is 35.5. The number of aromatic amines is 1. The van der Waals surface area contributed by atoms with Crippen LogP contribution >= 0.6 is 22.7 Å². The molecule has 3 aromatic rings. The SMILES string of the molecule is Cc1c(Cl)cccc1Cn1c(CN2CCCC2)nc(=O)c2c1[nH]n2[SH]1CCOCC1. The van der Waals surface area contributed by atoms with Gasteiger partial charge in [0, 0.05) is 16.5 Å². The van der Waals surface area contributed by atoms with E-state index in [2.05, 4.69) is 29.7 Å². The summed E-state index contributed by atoms with van der Waals surface area (Å²) in [5.41, 5.74) is 3.70. The number of H-pyrrole nitrogens is 1. The number of nitrogens with zero attached hydrogens (tertiary/aromatic N) is 4. The molecule has 0 radical (unpaired) electrons. The first-order valence-corrected chi connectivity index (χ1v) is 12.7. The van der Waals surface area contributed by atoms with E-state index in [1.54, 1.807) is 0 Å². The van der Waals surface area contributed by atoms with Gasteiger partial charge in [-0.25, -0.2) is 4.09 Å². The van der Waals surface area contributed by atoms with Gasteiger partial charge in [-0.3, -0.25) is 14.8 Å². The molecule has 1 aromatic carbocycles. The van der Waals surface area contributed by atoms with Crippen LogP contribution in [0.15, 0.2) is 23.0 Å². The van der Waals surface area contributed by atoms with E-state index in [1.165, 1.54) is 12.8 Å². The van der Waals surface area contributed by atoms with Crippen molar-refractivity contribution >= 4 is 33.8 Å². The van der Waals surface area contributed by atoms with Gasteiger partial charge in [-0.15, -0.1) is 0 Å². The van der Waals surface area contributed by atoms with E-state index in [9.17, 15) is 4.79 Å². The molecule has 0 amide bonds. The number of thiol groups is 1. The molecule has 9 heteroatoms. The number of benzene rings is 1. The minimum absolute atomic E-state index is 0.119. The second-order valence-electron chi connectivity index (χ2n) is 8.11. The number of halogens is 1. The molecule has 30 heavy (non-hydrogen) atoms. The summed E-state index contributed by atoms with van der Waals surface area (Å²) in [5.74, 6) is 2.78. The van der Waals surface area contributed by atoms with Crippen molar-refractivity contribution in [2.45, 2.75) is 32.9 Å². The smallest absolute Gasteiger partial charge is 0.301 e.